The summed E-state index contributed by atoms with van der Waals surface area (Å²) in [6.07, 6.45) is 1.68. The van der Waals surface area contributed by atoms with E-state index in [1.165, 1.54) is 31.8 Å². The number of amides is 2. The molecule has 2 aromatic carbocycles. The van der Waals surface area contributed by atoms with Gasteiger partial charge in [0.1, 0.15) is 0 Å². The number of carbonyl (C=O) groups excluding carboxylic acids is 1. The van der Waals surface area contributed by atoms with Crippen molar-refractivity contribution in [3.63, 3.8) is 0 Å². The molecule has 0 saturated heterocycles. The van der Waals surface area contributed by atoms with Gasteiger partial charge in [0.15, 0.2) is 0 Å². The fourth-order valence-corrected chi connectivity index (χ4v) is 3.52. The van der Waals surface area contributed by atoms with Crippen LogP contribution in [0.15, 0.2) is 53.4 Å². The summed E-state index contributed by atoms with van der Waals surface area (Å²) in [7, 11) is -0.601. The molecule has 0 aliphatic carbocycles. The van der Waals surface area contributed by atoms with Gasteiger partial charge in [-0.2, -0.15) is 0 Å². The smallest absolute Gasteiger partial charge is 0.319 e. The molecule has 6 nitrogen and oxygen atoms in total. The third-order valence-corrected chi connectivity index (χ3v) is 6.13. The largest absolute Gasteiger partial charge is 0.335 e. The third-order valence-electron chi connectivity index (χ3n) is 4.32. The first-order chi connectivity index (χ1) is 12.7. The second-order valence-electron chi connectivity index (χ2n) is 6.79. The van der Waals surface area contributed by atoms with Gasteiger partial charge in [0.25, 0.3) is 0 Å². The molecule has 0 fully saturated rings. The first kappa shape index (κ1) is 20.9. The number of hydrogen-bond donors (Lipinski definition) is 2. The van der Waals surface area contributed by atoms with Crippen LogP contribution >= 0.6 is 0 Å². The number of nitrogens with one attached hydrogen (secondary N) is 2. The van der Waals surface area contributed by atoms with Gasteiger partial charge < -0.3 is 10.6 Å². The first-order valence-electron chi connectivity index (χ1n) is 8.85. The summed E-state index contributed by atoms with van der Waals surface area (Å²) in [6.45, 7) is 3.77. The molecule has 0 heterocycles. The van der Waals surface area contributed by atoms with Gasteiger partial charge in [0, 0.05) is 25.8 Å². The number of aryl methyl sites for hydroxylation is 2. The zero-order valence-corrected chi connectivity index (χ0v) is 17.0. The van der Waals surface area contributed by atoms with Crippen molar-refractivity contribution in [1.82, 2.24) is 9.62 Å². The summed E-state index contributed by atoms with van der Waals surface area (Å²) >= 11 is 0. The minimum Gasteiger partial charge on any atom is -0.335 e. The SMILES string of the molecule is Cc1ccc(S(=O)(=O)N(C)C)cc1NC(=O)NC(C)CCc1ccccc1. The summed E-state index contributed by atoms with van der Waals surface area (Å²) in [4.78, 5) is 12.4. The minimum atomic E-state index is -3.55. The van der Waals surface area contributed by atoms with Crippen LogP contribution in [-0.4, -0.2) is 38.9 Å². The Morgan fingerprint density at radius 1 is 1.11 bits per heavy atom. The van der Waals surface area contributed by atoms with Crippen LogP contribution in [-0.2, 0) is 16.4 Å². The summed E-state index contributed by atoms with van der Waals surface area (Å²) in [5.41, 5.74) is 2.49. The molecule has 0 aliphatic rings. The lowest BCUT2D eigenvalue weighted by Crippen LogP contribution is -2.36. The molecule has 2 N–H and O–H groups in total. The van der Waals surface area contributed by atoms with Gasteiger partial charge in [-0.3, -0.25) is 0 Å². The predicted molar refractivity (Wildman–Crippen MR) is 108 cm³/mol. The highest BCUT2D eigenvalue weighted by Crippen LogP contribution is 2.22. The maximum atomic E-state index is 12.3. The molecule has 2 amide bonds. The normalized spacial score (nSPS) is 12.6. The van der Waals surface area contributed by atoms with Gasteiger partial charge in [0.2, 0.25) is 10.0 Å². The lowest BCUT2D eigenvalue weighted by atomic mass is 10.1. The van der Waals surface area contributed by atoms with Gasteiger partial charge in [-0.25, -0.2) is 17.5 Å². The summed E-state index contributed by atoms with van der Waals surface area (Å²) in [5.74, 6) is 0. The maximum Gasteiger partial charge on any atom is 0.319 e. The van der Waals surface area contributed by atoms with Gasteiger partial charge >= 0.3 is 6.03 Å². The number of urea groups is 1. The van der Waals surface area contributed by atoms with E-state index in [4.69, 9.17) is 0 Å². The summed E-state index contributed by atoms with van der Waals surface area (Å²) in [6, 6.07) is 14.4. The van der Waals surface area contributed by atoms with Crippen molar-refractivity contribution in [1.29, 1.82) is 0 Å². The van der Waals surface area contributed by atoms with E-state index in [1.54, 1.807) is 6.07 Å². The third kappa shape index (κ3) is 5.80. The van der Waals surface area contributed by atoms with Gasteiger partial charge in [-0.1, -0.05) is 36.4 Å². The van der Waals surface area contributed by atoms with E-state index in [1.807, 2.05) is 32.0 Å². The van der Waals surface area contributed by atoms with Crippen molar-refractivity contribution in [3.8, 4) is 0 Å². The Morgan fingerprint density at radius 2 is 1.78 bits per heavy atom. The standard InChI is InChI=1S/C20H27N3O3S/c1-15-10-13-18(27(25,26)23(3)4)14-19(15)22-20(24)21-16(2)11-12-17-8-6-5-7-9-17/h5-10,13-14,16H,11-12H2,1-4H3,(H2,21,22,24). The molecule has 0 saturated carbocycles. The fraction of sp³-hybridized carbons (Fsp3) is 0.350. The molecule has 146 valence electrons. The van der Waals surface area contributed by atoms with E-state index >= 15 is 0 Å². The van der Waals surface area contributed by atoms with E-state index in [9.17, 15) is 13.2 Å². The van der Waals surface area contributed by atoms with E-state index in [0.29, 0.717) is 5.69 Å². The highest BCUT2D eigenvalue weighted by Gasteiger charge is 2.19. The molecule has 0 bridgehead atoms. The van der Waals surface area contributed by atoms with E-state index in [0.717, 1.165) is 22.7 Å². The van der Waals surface area contributed by atoms with Crippen molar-refractivity contribution in [2.75, 3.05) is 19.4 Å². The summed E-state index contributed by atoms with van der Waals surface area (Å²) < 4.78 is 25.7. The Morgan fingerprint density at radius 3 is 2.41 bits per heavy atom. The Balaban J connectivity index is 1.98. The molecule has 0 aromatic heterocycles. The molecular formula is C20H27N3O3S. The molecule has 1 atom stereocenters. The Bertz CT molecular complexity index is 881. The molecule has 7 heteroatoms. The first-order valence-corrected chi connectivity index (χ1v) is 10.3. The molecule has 2 aromatic rings. The molecule has 0 spiro atoms. The van der Waals surface area contributed by atoms with Crippen LogP contribution in [0.3, 0.4) is 0 Å². The van der Waals surface area contributed by atoms with E-state index in [-0.39, 0.29) is 17.0 Å². The van der Waals surface area contributed by atoms with Crippen molar-refractivity contribution >= 4 is 21.7 Å². The van der Waals surface area contributed by atoms with Crippen molar-refractivity contribution < 1.29 is 13.2 Å². The van der Waals surface area contributed by atoms with Crippen LogP contribution in [0.25, 0.3) is 0 Å². The topological polar surface area (TPSA) is 78.5 Å². The lowest BCUT2D eigenvalue weighted by Gasteiger charge is -2.17. The Kier molecular flexibility index (Phi) is 6.98. The predicted octanol–water partition coefficient (Wildman–Crippen LogP) is 3.39. The number of rotatable bonds is 7. The number of nitrogens with zero attached hydrogens (tertiary/aromatic N) is 1. The van der Waals surface area contributed by atoms with Crippen LogP contribution in [0.2, 0.25) is 0 Å². The Labute approximate surface area is 161 Å². The number of benzene rings is 2. The number of anilines is 1. The highest BCUT2D eigenvalue weighted by molar-refractivity contribution is 7.89. The fourth-order valence-electron chi connectivity index (χ4n) is 2.59. The second kappa shape index (κ2) is 9.01. The average molecular weight is 390 g/mol. The van der Waals surface area contributed by atoms with Crippen LogP contribution < -0.4 is 10.6 Å². The van der Waals surface area contributed by atoms with Crippen molar-refractivity contribution in [2.45, 2.75) is 37.6 Å². The van der Waals surface area contributed by atoms with Crippen molar-refractivity contribution in [2.24, 2.45) is 0 Å². The van der Waals surface area contributed by atoms with E-state index in [2.05, 4.69) is 22.8 Å². The highest BCUT2D eigenvalue weighted by atomic mass is 32.2. The van der Waals surface area contributed by atoms with Crippen LogP contribution in [0, 0.1) is 6.92 Å². The molecule has 27 heavy (non-hydrogen) atoms. The zero-order valence-electron chi connectivity index (χ0n) is 16.2. The van der Waals surface area contributed by atoms with Crippen LogP contribution in [0.1, 0.15) is 24.5 Å². The van der Waals surface area contributed by atoms with Crippen LogP contribution in [0.4, 0.5) is 10.5 Å². The minimum absolute atomic E-state index is 0.0146. The number of carbonyl (C=O) groups is 1. The van der Waals surface area contributed by atoms with Gasteiger partial charge in [-0.15, -0.1) is 0 Å². The maximum absolute atomic E-state index is 12.3. The Hall–Kier alpha value is -2.38. The lowest BCUT2D eigenvalue weighted by molar-refractivity contribution is 0.248. The molecule has 0 radical (unpaired) electrons. The molecule has 0 aliphatic heterocycles. The number of hydrogen-bond acceptors (Lipinski definition) is 3. The quantitative estimate of drug-likeness (QED) is 0.762. The van der Waals surface area contributed by atoms with Crippen LogP contribution in [0.5, 0.6) is 0 Å². The zero-order chi connectivity index (χ0) is 20.0. The van der Waals surface area contributed by atoms with E-state index < -0.39 is 10.0 Å². The summed E-state index contributed by atoms with van der Waals surface area (Å²) in [5, 5.41) is 5.65. The monoisotopic (exact) mass is 389 g/mol. The van der Waals surface area contributed by atoms with Gasteiger partial charge in [-0.05, 0) is 49.9 Å². The molecule has 1 unspecified atom stereocenters. The second-order valence-corrected chi connectivity index (χ2v) is 8.94. The average Bonchev–Trinajstić information content (AvgIpc) is 2.62. The number of sulfonamides is 1. The molecule has 2 rings (SSSR count). The van der Waals surface area contributed by atoms with Gasteiger partial charge in [0.05, 0.1) is 4.90 Å². The molecular weight excluding hydrogens is 362 g/mol. The van der Waals surface area contributed by atoms with Crippen molar-refractivity contribution in [3.05, 3.63) is 59.7 Å².